The molecule has 0 radical (unpaired) electrons. The van der Waals surface area contributed by atoms with E-state index in [0.29, 0.717) is 0 Å². The predicted molar refractivity (Wildman–Crippen MR) is 138 cm³/mol. The minimum atomic E-state index is -1.14. The Labute approximate surface area is 169 Å². The third-order valence-corrected chi connectivity index (χ3v) is 10.9. The molecule has 0 heterocycles. The normalized spacial score (nSPS) is 9.36. The van der Waals surface area contributed by atoms with Crippen LogP contribution in [0.4, 0.5) is 0 Å². The Morgan fingerprint density at radius 1 is 0.680 bits per heavy atom. The molecular formula is C13H53N3O3Si6. The molecule has 8 N–H and O–H groups in total. The summed E-state index contributed by atoms with van der Waals surface area (Å²) in [6, 6.07) is 0. The highest BCUT2D eigenvalue weighted by Gasteiger charge is 1.98. The maximum Gasteiger partial charge on any atom is 0.166 e. The highest BCUT2D eigenvalue weighted by Crippen LogP contribution is 1.87. The summed E-state index contributed by atoms with van der Waals surface area (Å²) in [6.45, 7) is 26.1. The van der Waals surface area contributed by atoms with E-state index in [1.165, 1.54) is 7.05 Å². The van der Waals surface area contributed by atoms with Crippen molar-refractivity contribution in [3.8, 4) is 0 Å². The third kappa shape index (κ3) is 162. The maximum absolute atomic E-state index is 8.19. The number of hydrogen-bond acceptors (Lipinski definition) is 5. The van der Waals surface area contributed by atoms with Gasteiger partial charge in [-0.3, -0.25) is 0 Å². The Bertz CT molecular complexity index is 166. The van der Waals surface area contributed by atoms with Crippen molar-refractivity contribution in [3.05, 3.63) is 0 Å². The highest BCUT2D eigenvalue weighted by molar-refractivity contribution is 6.70. The Kier molecular flexibility index (Phi) is 53.2. The molecule has 0 unspecified atom stereocenters. The molecule has 0 saturated carbocycles. The van der Waals surface area contributed by atoms with Gasteiger partial charge in [0.05, 0.1) is 26.9 Å². The SMILES string of the molecule is CN.C[SiH](C)N.C[SiH](C)N[SiH](C)C.C[SiH](C)O.C[SiH](C)O[SiH](C)C.O. The first-order valence-electron chi connectivity index (χ1n) is 9.15. The van der Waals surface area contributed by atoms with Crippen molar-refractivity contribution >= 4 is 54.0 Å². The summed E-state index contributed by atoms with van der Waals surface area (Å²) in [7, 11) is -2.44. The Hall–Kier alpha value is 1.06. The Balaban J connectivity index is -0.0000000473. The molecule has 0 fully saturated rings. The van der Waals surface area contributed by atoms with Gasteiger partial charge >= 0.3 is 0 Å². The van der Waals surface area contributed by atoms with E-state index < -0.39 is 54.0 Å². The Morgan fingerprint density at radius 2 is 0.840 bits per heavy atom. The van der Waals surface area contributed by atoms with Crippen molar-refractivity contribution < 1.29 is 14.4 Å². The summed E-state index contributed by atoms with van der Waals surface area (Å²) in [4.78, 5) is 8.19. The zero-order chi connectivity index (χ0) is 20.9. The van der Waals surface area contributed by atoms with Crippen molar-refractivity contribution in [2.24, 2.45) is 11.1 Å². The lowest BCUT2D eigenvalue weighted by Gasteiger charge is -2.07. The van der Waals surface area contributed by atoms with E-state index in [-0.39, 0.29) is 5.48 Å². The lowest BCUT2D eigenvalue weighted by molar-refractivity contribution is 0.587. The van der Waals surface area contributed by atoms with Crippen LogP contribution < -0.4 is 15.8 Å². The summed E-state index contributed by atoms with van der Waals surface area (Å²) in [5.74, 6) is 0. The molecule has 12 heteroatoms. The molecule has 0 spiro atoms. The molecule has 6 nitrogen and oxygen atoms in total. The summed E-state index contributed by atoms with van der Waals surface area (Å²) in [5, 5.41) is 5.25. The molecule has 0 rings (SSSR count). The second-order valence-corrected chi connectivity index (χ2v) is 23.0. The number of hydrogen-bond donors (Lipinski definition) is 4. The van der Waals surface area contributed by atoms with Gasteiger partial charge in [0.1, 0.15) is 0 Å². The fraction of sp³-hybridized carbons (Fsp3) is 1.00. The fourth-order valence-corrected chi connectivity index (χ4v) is 10.9. The lowest BCUT2D eigenvalue weighted by Crippen LogP contribution is -2.36. The average molecular weight is 468 g/mol. The number of nitrogens with one attached hydrogen (secondary N) is 1. The van der Waals surface area contributed by atoms with Crippen LogP contribution in [0, 0.1) is 0 Å². The molecule has 0 aliphatic heterocycles. The van der Waals surface area contributed by atoms with Crippen molar-refractivity contribution in [1.82, 2.24) is 4.65 Å². The molecule has 0 aromatic rings. The fourth-order valence-electron chi connectivity index (χ4n) is 1.21. The summed E-state index contributed by atoms with van der Waals surface area (Å²) >= 11 is 0. The molecule has 0 amide bonds. The van der Waals surface area contributed by atoms with E-state index in [4.69, 9.17) is 14.3 Å². The van der Waals surface area contributed by atoms with Crippen LogP contribution in [-0.2, 0) is 4.12 Å². The molecule has 0 aromatic heterocycles. The Morgan fingerprint density at radius 3 is 0.840 bits per heavy atom. The van der Waals surface area contributed by atoms with Crippen LogP contribution in [-0.4, -0.2) is 71.3 Å². The molecule has 0 saturated heterocycles. The van der Waals surface area contributed by atoms with Gasteiger partial charge in [-0.2, -0.15) is 0 Å². The van der Waals surface area contributed by atoms with Gasteiger partial charge in [-0.25, -0.2) is 0 Å². The van der Waals surface area contributed by atoms with Crippen molar-refractivity contribution in [1.29, 1.82) is 0 Å². The molecular weight excluding hydrogens is 415 g/mol. The molecule has 0 bridgehead atoms. The quantitative estimate of drug-likeness (QED) is 0.438. The summed E-state index contributed by atoms with van der Waals surface area (Å²) in [5.41, 5.74) is 4.50. The monoisotopic (exact) mass is 467 g/mol. The minimum Gasteiger partial charge on any atom is -0.461 e. The topological polar surface area (TPSA) is 125 Å². The van der Waals surface area contributed by atoms with Crippen LogP contribution in [0.2, 0.25) is 78.6 Å². The second-order valence-electron chi connectivity index (χ2n) is 7.05. The van der Waals surface area contributed by atoms with Crippen molar-refractivity contribution in [3.63, 3.8) is 0 Å². The summed E-state index contributed by atoms with van der Waals surface area (Å²) in [6.07, 6.45) is 0. The van der Waals surface area contributed by atoms with Crippen LogP contribution in [0.3, 0.4) is 0 Å². The van der Waals surface area contributed by atoms with Gasteiger partial charge in [0.15, 0.2) is 27.1 Å². The number of rotatable bonds is 4. The van der Waals surface area contributed by atoms with E-state index >= 15 is 0 Å². The van der Waals surface area contributed by atoms with Gasteiger partial charge in [-0.15, -0.1) is 0 Å². The largest absolute Gasteiger partial charge is 0.461 e. The van der Waals surface area contributed by atoms with Crippen molar-refractivity contribution in [2.75, 3.05) is 7.05 Å². The maximum atomic E-state index is 8.19. The minimum absolute atomic E-state index is 0. The average Bonchev–Trinajstić information content (AvgIpc) is 2.26. The van der Waals surface area contributed by atoms with E-state index in [1.54, 1.807) is 0 Å². The first-order chi connectivity index (χ1) is 10.7. The predicted octanol–water partition coefficient (Wildman–Crippen LogP) is 0.153. The van der Waals surface area contributed by atoms with Crippen molar-refractivity contribution in [2.45, 2.75) is 78.6 Å². The first kappa shape index (κ1) is 40.7. The van der Waals surface area contributed by atoms with E-state index in [1.807, 2.05) is 13.1 Å². The smallest absolute Gasteiger partial charge is 0.166 e. The van der Waals surface area contributed by atoms with E-state index in [0.717, 1.165) is 0 Å². The first-order valence-corrected chi connectivity index (χ1v) is 26.3. The highest BCUT2D eigenvalue weighted by atomic mass is 28.4. The zero-order valence-electron chi connectivity index (χ0n) is 19.5. The van der Waals surface area contributed by atoms with Crippen LogP contribution in [0.15, 0.2) is 0 Å². The second kappa shape index (κ2) is 32.7. The molecule has 0 atom stereocenters. The molecule has 0 aliphatic rings. The standard InChI is InChI=1S/C4H15NSi2.C4H14OSi2.C2H9NSi.C2H8OSi.CH5N.H2O/c2*1-6(2)5-7(3)4;2*1-4(2)3;1-2;/h5-7H,1-4H3;6-7H,1-4H3;4H,3H2,1-2H3;3-4H,1-2H3;2H2,1H3;1H2. The molecule has 0 aliphatic carbocycles. The molecule has 25 heavy (non-hydrogen) atoms. The van der Waals surface area contributed by atoms with Gasteiger partial charge in [0.2, 0.25) is 0 Å². The number of nitrogens with two attached hydrogens (primary N) is 2. The van der Waals surface area contributed by atoms with E-state index in [9.17, 15) is 0 Å². The zero-order valence-corrected chi connectivity index (χ0v) is 26.4. The molecule has 162 valence electrons. The van der Waals surface area contributed by atoms with Gasteiger partial charge in [-0.1, -0.05) is 39.3 Å². The van der Waals surface area contributed by atoms with E-state index in [2.05, 4.69) is 75.9 Å². The summed E-state index contributed by atoms with van der Waals surface area (Å²) < 4.78 is 9.11. The molecule has 0 aromatic carbocycles. The van der Waals surface area contributed by atoms with Crippen LogP contribution in [0.25, 0.3) is 0 Å². The van der Waals surface area contributed by atoms with Gasteiger partial charge in [0.25, 0.3) is 0 Å². The lowest BCUT2D eigenvalue weighted by atomic mass is 11.6. The van der Waals surface area contributed by atoms with Crippen LogP contribution in [0.5, 0.6) is 0 Å². The van der Waals surface area contributed by atoms with Crippen LogP contribution >= 0.6 is 0 Å². The van der Waals surface area contributed by atoms with Gasteiger partial charge < -0.3 is 30.2 Å². The van der Waals surface area contributed by atoms with Gasteiger partial charge in [-0.05, 0) is 46.3 Å². The van der Waals surface area contributed by atoms with Crippen LogP contribution in [0.1, 0.15) is 0 Å². The third-order valence-electron chi connectivity index (χ3n) is 1.21. The van der Waals surface area contributed by atoms with Gasteiger partial charge in [0, 0.05) is 0 Å².